The maximum atomic E-state index is 5.86. The van der Waals surface area contributed by atoms with Gasteiger partial charge in [-0.05, 0) is 52.7 Å². The predicted octanol–water partition coefficient (Wildman–Crippen LogP) is 3.51. The topological polar surface area (TPSA) is 49.8 Å². The van der Waals surface area contributed by atoms with Crippen molar-refractivity contribution in [1.29, 1.82) is 0 Å². The van der Waals surface area contributed by atoms with E-state index in [9.17, 15) is 0 Å². The number of ether oxygens (including phenoxy) is 4. The molecular formula is C17H25NO4. The fourth-order valence-electron chi connectivity index (χ4n) is 3.08. The summed E-state index contributed by atoms with van der Waals surface area (Å²) in [5.74, 6) is 0. The molecule has 3 rings (SSSR count). The quantitative estimate of drug-likeness (QED) is 0.837. The minimum Gasteiger partial charge on any atom is -0.344 e. The van der Waals surface area contributed by atoms with E-state index in [0.717, 1.165) is 24.2 Å². The van der Waals surface area contributed by atoms with E-state index in [1.165, 1.54) is 0 Å². The minimum absolute atomic E-state index is 0.168. The highest BCUT2D eigenvalue weighted by Crippen LogP contribution is 2.32. The van der Waals surface area contributed by atoms with E-state index in [0.29, 0.717) is 0 Å². The molecule has 2 fully saturated rings. The summed E-state index contributed by atoms with van der Waals surface area (Å²) in [5.41, 5.74) is 1.54. The van der Waals surface area contributed by atoms with Gasteiger partial charge >= 0.3 is 0 Å². The Labute approximate surface area is 131 Å². The summed E-state index contributed by atoms with van der Waals surface area (Å²) in [6, 6.07) is 5.80. The molecule has 5 heteroatoms. The zero-order valence-electron chi connectivity index (χ0n) is 13.7. The van der Waals surface area contributed by atoms with E-state index in [2.05, 4.69) is 32.7 Å². The fourth-order valence-corrected chi connectivity index (χ4v) is 3.08. The van der Waals surface area contributed by atoms with Gasteiger partial charge in [0.05, 0.1) is 35.8 Å². The standard InChI is InChI=1S/C17H25NO4/c1-10-8-11(2)20-16(19-10)14-6-5-7-15(18-14)17-21-12(3)9-13(4)22-17/h5-7,10-13,16-17H,8-9H2,1-4H3/t10-,11-,12-,13-/m1/s1. The molecule has 0 amide bonds. The van der Waals surface area contributed by atoms with Gasteiger partial charge in [-0.2, -0.15) is 0 Å². The molecule has 1 aromatic heterocycles. The van der Waals surface area contributed by atoms with Crippen molar-refractivity contribution in [3.63, 3.8) is 0 Å². The van der Waals surface area contributed by atoms with Crippen molar-refractivity contribution < 1.29 is 18.9 Å². The van der Waals surface area contributed by atoms with Crippen molar-refractivity contribution >= 4 is 0 Å². The maximum Gasteiger partial charge on any atom is 0.201 e. The third-order valence-electron chi connectivity index (χ3n) is 4.03. The lowest BCUT2D eigenvalue weighted by Crippen LogP contribution is -2.32. The zero-order valence-corrected chi connectivity index (χ0v) is 13.7. The van der Waals surface area contributed by atoms with Crippen LogP contribution in [0.25, 0.3) is 0 Å². The Kier molecular flexibility index (Phi) is 4.78. The van der Waals surface area contributed by atoms with Gasteiger partial charge in [0.25, 0.3) is 0 Å². The van der Waals surface area contributed by atoms with Crippen molar-refractivity contribution in [2.45, 2.75) is 77.5 Å². The molecule has 2 aliphatic rings. The predicted molar refractivity (Wildman–Crippen MR) is 81.1 cm³/mol. The molecule has 122 valence electrons. The maximum absolute atomic E-state index is 5.86. The van der Waals surface area contributed by atoms with Crippen molar-refractivity contribution in [3.05, 3.63) is 29.6 Å². The van der Waals surface area contributed by atoms with E-state index in [1.807, 2.05) is 18.2 Å². The van der Waals surface area contributed by atoms with Crippen LogP contribution < -0.4 is 0 Å². The van der Waals surface area contributed by atoms with Gasteiger partial charge in [-0.3, -0.25) is 0 Å². The smallest absolute Gasteiger partial charge is 0.201 e. The zero-order chi connectivity index (χ0) is 15.7. The summed E-state index contributed by atoms with van der Waals surface area (Å²) in [7, 11) is 0. The molecule has 0 spiro atoms. The second-order valence-electron chi connectivity index (χ2n) is 6.41. The van der Waals surface area contributed by atoms with Gasteiger partial charge in [-0.1, -0.05) is 6.07 Å². The van der Waals surface area contributed by atoms with Crippen LogP contribution in [0.3, 0.4) is 0 Å². The van der Waals surface area contributed by atoms with Crippen LogP contribution in [0.4, 0.5) is 0 Å². The van der Waals surface area contributed by atoms with E-state index in [4.69, 9.17) is 18.9 Å². The monoisotopic (exact) mass is 307 g/mol. The Morgan fingerprint density at radius 2 is 1.09 bits per heavy atom. The number of hydrogen-bond acceptors (Lipinski definition) is 5. The first-order valence-corrected chi connectivity index (χ1v) is 8.10. The highest BCUT2D eigenvalue weighted by molar-refractivity contribution is 5.14. The van der Waals surface area contributed by atoms with Gasteiger partial charge < -0.3 is 18.9 Å². The van der Waals surface area contributed by atoms with Crippen molar-refractivity contribution in [1.82, 2.24) is 4.98 Å². The van der Waals surface area contributed by atoms with Crippen LogP contribution in [-0.2, 0) is 18.9 Å². The average molecular weight is 307 g/mol. The van der Waals surface area contributed by atoms with E-state index >= 15 is 0 Å². The summed E-state index contributed by atoms with van der Waals surface area (Å²) in [6.45, 7) is 8.25. The van der Waals surface area contributed by atoms with Gasteiger partial charge in [0.1, 0.15) is 0 Å². The number of hydrogen-bond donors (Lipinski definition) is 0. The Balaban J connectivity index is 1.77. The summed E-state index contributed by atoms with van der Waals surface area (Å²) in [5, 5.41) is 0. The van der Waals surface area contributed by atoms with Gasteiger partial charge in [-0.15, -0.1) is 0 Å². The first-order chi connectivity index (χ1) is 10.5. The highest BCUT2D eigenvalue weighted by Gasteiger charge is 2.30. The van der Waals surface area contributed by atoms with E-state index in [-0.39, 0.29) is 24.4 Å². The Hall–Kier alpha value is -1.01. The summed E-state index contributed by atoms with van der Waals surface area (Å²) in [6.07, 6.45) is 1.64. The van der Waals surface area contributed by atoms with Crippen molar-refractivity contribution in [2.24, 2.45) is 0 Å². The van der Waals surface area contributed by atoms with Crippen LogP contribution in [0.1, 0.15) is 64.5 Å². The molecule has 0 aliphatic carbocycles. The Morgan fingerprint density at radius 1 is 0.727 bits per heavy atom. The van der Waals surface area contributed by atoms with Crippen LogP contribution in [0.2, 0.25) is 0 Å². The van der Waals surface area contributed by atoms with Crippen molar-refractivity contribution in [3.8, 4) is 0 Å². The van der Waals surface area contributed by atoms with E-state index < -0.39 is 12.6 Å². The van der Waals surface area contributed by atoms with Gasteiger partial charge in [0.2, 0.25) is 12.6 Å². The summed E-state index contributed by atoms with van der Waals surface area (Å²) in [4.78, 5) is 4.66. The molecule has 0 bridgehead atoms. The minimum atomic E-state index is -0.419. The molecule has 0 aromatic carbocycles. The second-order valence-corrected chi connectivity index (χ2v) is 6.41. The van der Waals surface area contributed by atoms with Crippen LogP contribution in [0.15, 0.2) is 18.2 Å². The molecule has 5 nitrogen and oxygen atoms in total. The van der Waals surface area contributed by atoms with Crippen LogP contribution in [-0.4, -0.2) is 29.4 Å². The van der Waals surface area contributed by atoms with Crippen LogP contribution in [0, 0.1) is 0 Å². The van der Waals surface area contributed by atoms with Crippen molar-refractivity contribution in [2.75, 3.05) is 0 Å². The second kappa shape index (κ2) is 6.62. The van der Waals surface area contributed by atoms with Gasteiger partial charge in [0, 0.05) is 0 Å². The normalized spacial score (nSPS) is 39.6. The summed E-state index contributed by atoms with van der Waals surface area (Å²) < 4.78 is 23.4. The molecule has 0 saturated carbocycles. The first kappa shape index (κ1) is 15.9. The average Bonchev–Trinajstić information content (AvgIpc) is 2.45. The lowest BCUT2D eigenvalue weighted by Gasteiger charge is -2.34. The molecule has 0 N–H and O–H groups in total. The number of rotatable bonds is 2. The molecule has 2 saturated heterocycles. The lowest BCUT2D eigenvalue weighted by atomic mass is 10.1. The first-order valence-electron chi connectivity index (χ1n) is 8.10. The number of aromatic nitrogens is 1. The van der Waals surface area contributed by atoms with Crippen LogP contribution >= 0.6 is 0 Å². The third-order valence-corrected chi connectivity index (χ3v) is 4.03. The summed E-state index contributed by atoms with van der Waals surface area (Å²) >= 11 is 0. The molecule has 4 atom stereocenters. The fraction of sp³-hybridized carbons (Fsp3) is 0.706. The van der Waals surface area contributed by atoms with Gasteiger partial charge in [-0.25, -0.2) is 4.98 Å². The molecule has 2 aliphatic heterocycles. The Morgan fingerprint density at radius 3 is 1.45 bits per heavy atom. The SMILES string of the molecule is C[C@@H]1C[C@@H](C)OC(c2cccc(C3O[C@H](C)C[C@@H](C)O3)n2)O1. The van der Waals surface area contributed by atoms with E-state index in [1.54, 1.807) is 0 Å². The largest absolute Gasteiger partial charge is 0.344 e. The molecule has 1 aromatic rings. The number of nitrogens with zero attached hydrogens (tertiary/aromatic N) is 1. The Bertz CT molecular complexity index is 448. The molecular weight excluding hydrogens is 282 g/mol. The van der Waals surface area contributed by atoms with Crippen LogP contribution in [0.5, 0.6) is 0 Å². The molecule has 0 radical (unpaired) electrons. The lowest BCUT2D eigenvalue weighted by molar-refractivity contribution is -0.245. The molecule has 22 heavy (non-hydrogen) atoms. The highest BCUT2D eigenvalue weighted by atomic mass is 16.7. The molecule has 0 unspecified atom stereocenters. The molecule has 3 heterocycles. The number of pyridine rings is 1. The van der Waals surface area contributed by atoms with Gasteiger partial charge in [0.15, 0.2) is 0 Å². The third kappa shape index (κ3) is 3.66.